The predicted molar refractivity (Wildman–Crippen MR) is 59.6 cm³/mol. The molecule has 0 heterocycles. The minimum absolute atomic E-state index is 0.619. The highest BCUT2D eigenvalue weighted by Crippen LogP contribution is 2.22. The number of benzene rings is 1. The van der Waals surface area contributed by atoms with E-state index in [2.05, 4.69) is 22.6 Å². The summed E-state index contributed by atoms with van der Waals surface area (Å²) in [6.07, 6.45) is 0. The highest BCUT2D eigenvalue weighted by molar-refractivity contribution is 14.1. The monoisotopic (exact) mass is 287 g/mol. The molecule has 0 saturated heterocycles. The number of aliphatic hydroxyl groups is 1. The Balaban J connectivity index is 3.00. The molecule has 1 aromatic carbocycles. The van der Waals surface area contributed by atoms with Gasteiger partial charge in [0.15, 0.2) is 0 Å². The summed E-state index contributed by atoms with van der Waals surface area (Å²) in [5.74, 6) is 0. The first-order valence-electron chi connectivity index (χ1n) is 3.89. The zero-order valence-electron chi connectivity index (χ0n) is 7.29. The summed E-state index contributed by atoms with van der Waals surface area (Å²) in [5.41, 5.74) is 0.670. The fourth-order valence-corrected chi connectivity index (χ4v) is 1.42. The number of nitriles is 1. The highest BCUT2D eigenvalue weighted by atomic mass is 127. The van der Waals surface area contributed by atoms with Crippen LogP contribution in [-0.2, 0) is 5.60 Å². The molecule has 0 fully saturated rings. The lowest BCUT2D eigenvalue weighted by Crippen LogP contribution is -2.22. The fourth-order valence-electron chi connectivity index (χ4n) is 0.981. The predicted octanol–water partition coefficient (Wildman–Crippen LogP) is 2.20. The van der Waals surface area contributed by atoms with Crippen molar-refractivity contribution in [3.05, 3.63) is 35.4 Å². The summed E-state index contributed by atoms with van der Waals surface area (Å²) in [6.45, 7) is 1.76. The quantitative estimate of drug-likeness (QED) is 0.669. The fraction of sp³-hybridized carbons (Fsp3) is 0.300. The lowest BCUT2D eigenvalue weighted by Gasteiger charge is -2.20. The summed E-state index contributed by atoms with van der Waals surface area (Å²) in [6, 6.07) is 9.05. The normalized spacial score (nSPS) is 14.6. The molecule has 0 aliphatic heterocycles. The van der Waals surface area contributed by atoms with Crippen LogP contribution in [0.5, 0.6) is 0 Å². The average Bonchev–Trinajstić information content (AvgIpc) is 2.18. The van der Waals surface area contributed by atoms with E-state index < -0.39 is 5.60 Å². The molecule has 0 bridgehead atoms. The zero-order valence-corrected chi connectivity index (χ0v) is 9.45. The van der Waals surface area contributed by atoms with Gasteiger partial charge in [-0.1, -0.05) is 34.7 Å². The van der Waals surface area contributed by atoms with Crippen molar-refractivity contribution in [3.8, 4) is 6.07 Å². The van der Waals surface area contributed by atoms with E-state index >= 15 is 0 Å². The number of hydrogen-bond acceptors (Lipinski definition) is 2. The van der Waals surface area contributed by atoms with E-state index in [1.54, 1.807) is 31.2 Å². The molecule has 0 radical (unpaired) electrons. The number of nitrogens with zero attached hydrogens (tertiary/aromatic N) is 1. The molecule has 0 spiro atoms. The second kappa shape index (κ2) is 4.07. The molecular formula is C10H10INO. The average molecular weight is 287 g/mol. The van der Waals surface area contributed by atoms with Crippen molar-refractivity contribution in [1.29, 1.82) is 5.26 Å². The van der Waals surface area contributed by atoms with Gasteiger partial charge in [0.1, 0.15) is 0 Å². The van der Waals surface area contributed by atoms with Crippen LogP contribution < -0.4 is 0 Å². The number of rotatable bonds is 2. The van der Waals surface area contributed by atoms with Crippen LogP contribution in [0.15, 0.2) is 24.3 Å². The van der Waals surface area contributed by atoms with Crippen molar-refractivity contribution < 1.29 is 5.11 Å². The first-order valence-corrected chi connectivity index (χ1v) is 5.41. The van der Waals surface area contributed by atoms with Crippen LogP contribution in [0.3, 0.4) is 0 Å². The summed E-state index contributed by atoms with van der Waals surface area (Å²) in [5, 5.41) is 18.4. The van der Waals surface area contributed by atoms with Crippen LogP contribution in [0.25, 0.3) is 0 Å². The van der Waals surface area contributed by atoms with Crippen molar-refractivity contribution in [1.82, 2.24) is 0 Å². The summed E-state index contributed by atoms with van der Waals surface area (Å²) in [4.78, 5) is 0. The SMILES string of the molecule is CC(O)(CI)c1ccc(C#N)cc1. The zero-order chi connectivity index (χ0) is 9.90. The van der Waals surface area contributed by atoms with E-state index in [0.29, 0.717) is 9.99 Å². The number of hydrogen-bond donors (Lipinski definition) is 1. The summed E-state index contributed by atoms with van der Waals surface area (Å²) >= 11 is 2.14. The maximum absolute atomic E-state index is 9.87. The maximum atomic E-state index is 9.87. The second-order valence-electron chi connectivity index (χ2n) is 3.10. The van der Waals surface area contributed by atoms with Crippen LogP contribution in [0.4, 0.5) is 0 Å². The Morgan fingerprint density at radius 2 is 2.00 bits per heavy atom. The van der Waals surface area contributed by atoms with Gasteiger partial charge in [0.05, 0.1) is 17.2 Å². The van der Waals surface area contributed by atoms with Gasteiger partial charge in [0, 0.05) is 4.43 Å². The Morgan fingerprint density at radius 3 is 2.38 bits per heavy atom. The highest BCUT2D eigenvalue weighted by Gasteiger charge is 2.20. The van der Waals surface area contributed by atoms with E-state index in [4.69, 9.17) is 5.26 Å². The van der Waals surface area contributed by atoms with Gasteiger partial charge in [-0.15, -0.1) is 0 Å². The van der Waals surface area contributed by atoms with Crippen molar-refractivity contribution in [2.24, 2.45) is 0 Å². The van der Waals surface area contributed by atoms with E-state index in [-0.39, 0.29) is 0 Å². The van der Waals surface area contributed by atoms with Crippen LogP contribution in [0.1, 0.15) is 18.1 Å². The van der Waals surface area contributed by atoms with Gasteiger partial charge in [-0.25, -0.2) is 0 Å². The molecule has 1 N–H and O–H groups in total. The van der Waals surface area contributed by atoms with Crippen molar-refractivity contribution in [2.45, 2.75) is 12.5 Å². The molecule has 1 atom stereocenters. The van der Waals surface area contributed by atoms with E-state index in [1.165, 1.54) is 0 Å². The first kappa shape index (κ1) is 10.5. The minimum atomic E-state index is -0.797. The number of alkyl halides is 1. The van der Waals surface area contributed by atoms with Gasteiger partial charge in [0.25, 0.3) is 0 Å². The molecule has 68 valence electrons. The molecule has 0 saturated carbocycles. The van der Waals surface area contributed by atoms with Crippen LogP contribution in [0.2, 0.25) is 0 Å². The maximum Gasteiger partial charge on any atom is 0.0991 e. The van der Waals surface area contributed by atoms with E-state index in [1.807, 2.05) is 6.07 Å². The molecule has 0 amide bonds. The summed E-state index contributed by atoms with van der Waals surface area (Å²) in [7, 11) is 0. The standard InChI is InChI=1S/C10H10INO/c1-10(13,7-11)9-4-2-8(6-12)3-5-9/h2-5,13H,7H2,1H3. The minimum Gasteiger partial charge on any atom is -0.385 e. The molecule has 3 heteroatoms. The Morgan fingerprint density at radius 1 is 1.46 bits per heavy atom. The molecular weight excluding hydrogens is 277 g/mol. The lowest BCUT2D eigenvalue weighted by molar-refractivity contribution is 0.0872. The Kier molecular flexibility index (Phi) is 3.28. The smallest absolute Gasteiger partial charge is 0.0991 e. The lowest BCUT2D eigenvalue weighted by atomic mass is 9.98. The summed E-state index contributed by atoms with van der Waals surface area (Å²) < 4.78 is 0.636. The molecule has 1 aromatic rings. The molecule has 0 aromatic heterocycles. The van der Waals surface area contributed by atoms with Gasteiger partial charge in [-0.05, 0) is 24.6 Å². The molecule has 1 rings (SSSR count). The molecule has 2 nitrogen and oxygen atoms in total. The third-order valence-corrected chi connectivity index (χ3v) is 3.38. The Hall–Kier alpha value is -0.600. The van der Waals surface area contributed by atoms with Gasteiger partial charge in [-0.2, -0.15) is 5.26 Å². The molecule has 1 unspecified atom stereocenters. The van der Waals surface area contributed by atoms with Crippen molar-refractivity contribution >= 4 is 22.6 Å². The Labute approximate surface area is 91.3 Å². The second-order valence-corrected chi connectivity index (χ2v) is 3.86. The van der Waals surface area contributed by atoms with Crippen LogP contribution in [0, 0.1) is 11.3 Å². The van der Waals surface area contributed by atoms with Gasteiger partial charge >= 0.3 is 0 Å². The molecule has 0 aliphatic rings. The van der Waals surface area contributed by atoms with Gasteiger partial charge in [-0.3, -0.25) is 0 Å². The largest absolute Gasteiger partial charge is 0.385 e. The topological polar surface area (TPSA) is 44.0 Å². The molecule has 13 heavy (non-hydrogen) atoms. The molecule has 0 aliphatic carbocycles. The van der Waals surface area contributed by atoms with Crippen LogP contribution in [-0.4, -0.2) is 9.53 Å². The third-order valence-electron chi connectivity index (χ3n) is 1.90. The van der Waals surface area contributed by atoms with Crippen LogP contribution >= 0.6 is 22.6 Å². The Bertz CT molecular complexity index is 324. The number of halogens is 1. The first-order chi connectivity index (χ1) is 6.10. The van der Waals surface area contributed by atoms with E-state index in [9.17, 15) is 5.11 Å². The van der Waals surface area contributed by atoms with Gasteiger partial charge in [0.2, 0.25) is 0 Å². The van der Waals surface area contributed by atoms with Gasteiger partial charge < -0.3 is 5.11 Å². The third kappa shape index (κ3) is 2.42. The van der Waals surface area contributed by atoms with Crippen molar-refractivity contribution in [2.75, 3.05) is 4.43 Å². The van der Waals surface area contributed by atoms with E-state index in [0.717, 1.165) is 5.56 Å². The van der Waals surface area contributed by atoms with Crippen molar-refractivity contribution in [3.63, 3.8) is 0 Å².